The fourth-order valence-electron chi connectivity index (χ4n) is 3.05. The minimum absolute atomic E-state index is 0.265. The molecule has 1 aliphatic rings. The quantitative estimate of drug-likeness (QED) is 0.788. The van der Waals surface area contributed by atoms with Gasteiger partial charge in [0.1, 0.15) is 0 Å². The number of piperazine rings is 1. The van der Waals surface area contributed by atoms with Gasteiger partial charge in [-0.3, -0.25) is 9.80 Å². The van der Waals surface area contributed by atoms with E-state index < -0.39 is 0 Å². The number of aliphatic hydroxyl groups excluding tert-OH is 1. The molecule has 126 valence electrons. The monoisotopic (exact) mass is 310 g/mol. The number of hydrogen-bond donors (Lipinski definition) is 1. The van der Waals surface area contributed by atoms with E-state index in [4.69, 9.17) is 4.52 Å². The van der Waals surface area contributed by atoms with Crippen LogP contribution in [0.1, 0.15) is 51.7 Å². The summed E-state index contributed by atoms with van der Waals surface area (Å²) in [6.07, 6.45) is 3.94. The molecule has 0 radical (unpaired) electrons. The Bertz CT molecular complexity index is 436. The topological polar surface area (TPSA) is 65.6 Å². The van der Waals surface area contributed by atoms with Crippen LogP contribution >= 0.6 is 0 Å². The molecule has 1 saturated heterocycles. The summed E-state index contributed by atoms with van der Waals surface area (Å²) in [5, 5.41) is 13.7. The lowest BCUT2D eigenvalue weighted by Gasteiger charge is -2.41. The Morgan fingerprint density at radius 1 is 1.36 bits per heavy atom. The van der Waals surface area contributed by atoms with Crippen LogP contribution in [-0.2, 0) is 13.0 Å². The molecule has 1 aromatic rings. The van der Waals surface area contributed by atoms with Crippen LogP contribution in [0, 0.1) is 0 Å². The van der Waals surface area contributed by atoms with Crippen molar-refractivity contribution in [2.75, 3.05) is 26.2 Å². The Balaban J connectivity index is 1.85. The van der Waals surface area contributed by atoms with Crippen LogP contribution < -0.4 is 0 Å². The molecule has 0 bridgehead atoms. The minimum Gasteiger partial charge on any atom is -0.392 e. The van der Waals surface area contributed by atoms with Gasteiger partial charge in [-0.25, -0.2) is 0 Å². The Morgan fingerprint density at radius 3 is 2.86 bits per heavy atom. The minimum atomic E-state index is -0.265. The third-order valence-corrected chi connectivity index (χ3v) is 4.28. The number of aromatic nitrogens is 2. The van der Waals surface area contributed by atoms with E-state index in [1.54, 1.807) is 0 Å². The summed E-state index contributed by atoms with van der Waals surface area (Å²) in [6, 6.07) is 0.495. The van der Waals surface area contributed by atoms with Gasteiger partial charge in [-0.1, -0.05) is 25.4 Å². The second-order valence-electron chi connectivity index (χ2n) is 6.35. The molecule has 1 fully saturated rings. The lowest BCUT2D eigenvalue weighted by molar-refractivity contribution is 0.0326. The van der Waals surface area contributed by atoms with Crippen molar-refractivity contribution < 1.29 is 9.63 Å². The molecule has 1 aliphatic heterocycles. The Hall–Kier alpha value is -0.980. The molecule has 0 aromatic carbocycles. The molecule has 0 amide bonds. The van der Waals surface area contributed by atoms with Gasteiger partial charge in [-0.05, 0) is 19.8 Å². The lowest BCUT2D eigenvalue weighted by Crippen LogP contribution is -2.54. The van der Waals surface area contributed by atoms with Crippen LogP contribution in [0.4, 0.5) is 0 Å². The zero-order valence-corrected chi connectivity index (χ0v) is 14.2. The molecule has 1 N–H and O–H groups in total. The summed E-state index contributed by atoms with van der Waals surface area (Å²) in [7, 11) is 0. The number of unbranched alkanes of at least 4 members (excludes halogenated alkanes) is 1. The van der Waals surface area contributed by atoms with Crippen molar-refractivity contribution in [2.45, 2.75) is 65.1 Å². The molecule has 2 rings (SSSR count). The van der Waals surface area contributed by atoms with Gasteiger partial charge in [0, 0.05) is 38.6 Å². The Kier molecular flexibility index (Phi) is 6.79. The zero-order valence-electron chi connectivity index (χ0n) is 14.2. The maximum absolute atomic E-state index is 9.60. The number of rotatable bonds is 8. The first-order valence-corrected chi connectivity index (χ1v) is 8.58. The van der Waals surface area contributed by atoms with Crippen LogP contribution in [0.25, 0.3) is 0 Å². The third kappa shape index (κ3) is 5.04. The lowest BCUT2D eigenvalue weighted by atomic mass is 10.1. The summed E-state index contributed by atoms with van der Waals surface area (Å²) in [5.74, 6) is 1.56. The molecule has 6 nitrogen and oxygen atoms in total. The highest BCUT2D eigenvalue weighted by molar-refractivity contribution is 4.89. The SMILES string of the molecule is CCCCc1nc(CN2CCN(C[C@@H](C)O)[C@@H](CC)C2)no1. The number of nitrogens with zero attached hydrogens (tertiary/aromatic N) is 4. The van der Waals surface area contributed by atoms with Crippen molar-refractivity contribution in [3.8, 4) is 0 Å². The molecule has 0 spiro atoms. The molecule has 1 aromatic heterocycles. The smallest absolute Gasteiger partial charge is 0.226 e. The number of aliphatic hydroxyl groups is 1. The Morgan fingerprint density at radius 2 is 2.18 bits per heavy atom. The van der Waals surface area contributed by atoms with Crippen molar-refractivity contribution in [3.63, 3.8) is 0 Å². The first-order chi connectivity index (χ1) is 10.6. The fourth-order valence-corrected chi connectivity index (χ4v) is 3.05. The van der Waals surface area contributed by atoms with E-state index in [1.807, 2.05) is 6.92 Å². The first-order valence-electron chi connectivity index (χ1n) is 8.58. The summed E-state index contributed by atoms with van der Waals surface area (Å²) in [5.41, 5.74) is 0. The van der Waals surface area contributed by atoms with Gasteiger partial charge >= 0.3 is 0 Å². The maximum Gasteiger partial charge on any atom is 0.226 e. The molecular weight excluding hydrogens is 280 g/mol. The van der Waals surface area contributed by atoms with E-state index >= 15 is 0 Å². The third-order valence-electron chi connectivity index (χ3n) is 4.28. The molecule has 2 heterocycles. The summed E-state index contributed by atoms with van der Waals surface area (Å²) >= 11 is 0. The van der Waals surface area contributed by atoms with Crippen LogP contribution in [0.15, 0.2) is 4.52 Å². The van der Waals surface area contributed by atoms with Crippen LogP contribution in [0.5, 0.6) is 0 Å². The van der Waals surface area contributed by atoms with Crippen LogP contribution in [0.2, 0.25) is 0 Å². The zero-order chi connectivity index (χ0) is 15.9. The van der Waals surface area contributed by atoms with Crippen molar-refractivity contribution in [1.29, 1.82) is 0 Å². The van der Waals surface area contributed by atoms with Gasteiger partial charge in [0.25, 0.3) is 0 Å². The highest BCUT2D eigenvalue weighted by atomic mass is 16.5. The van der Waals surface area contributed by atoms with Gasteiger partial charge in [-0.2, -0.15) is 4.98 Å². The highest BCUT2D eigenvalue weighted by Gasteiger charge is 2.27. The first kappa shape index (κ1) is 17.4. The molecule has 2 atom stereocenters. The summed E-state index contributed by atoms with van der Waals surface area (Å²) in [4.78, 5) is 9.27. The fraction of sp³-hybridized carbons (Fsp3) is 0.875. The highest BCUT2D eigenvalue weighted by Crippen LogP contribution is 2.15. The van der Waals surface area contributed by atoms with E-state index in [2.05, 4.69) is 33.8 Å². The van der Waals surface area contributed by atoms with Gasteiger partial charge in [0.05, 0.1) is 12.6 Å². The standard InChI is InChI=1S/C16H30N4O2/c1-4-6-7-16-17-15(18-22-16)12-19-8-9-20(10-13(3)21)14(5-2)11-19/h13-14,21H,4-12H2,1-3H3/t13-,14+/m1/s1. The average Bonchev–Trinajstić information content (AvgIpc) is 2.93. The second-order valence-corrected chi connectivity index (χ2v) is 6.35. The molecule has 6 heteroatoms. The Labute approximate surface area is 133 Å². The predicted molar refractivity (Wildman–Crippen MR) is 85.5 cm³/mol. The van der Waals surface area contributed by atoms with E-state index in [0.717, 1.165) is 70.1 Å². The van der Waals surface area contributed by atoms with Gasteiger partial charge < -0.3 is 9.63 Å². The molecule has 0 saturated carbocycles. The molecular formula is C16H30N4O2. The molecule has 0 unspecified atom stereocenters. The second kappa shape index (κ2) is 8.60. The van der Waals surface area contributed by atoms with Crippen LogP contribution in [0.3, 0.4) is 0 Å². The summed E-state index contributed by atoms with van der Waals surface area (Å²) in [6.45, 7) is 10.7. The van der Waals surface area contributed by atoms with Crippen molar-refractivity contribution in [3.05, 3.63) is 11.7 Å². The predicted octanol–water partition coefficient (Wildman–Crippen LogP) is 1.69. The number of β-amino-alcohol motifs (C(OH)–C–C–N with tert-alkyl or cyclic N) is 1. The van der Waals surface area contributed by atoms with E-state index in [1.165, 1.54) is 0 Å². The van der Waals surface area contributed by atoms with Crippen molar-refractivity contribution >= 4 is 0 Å². The number of aryl methyl sites for hydroxylation is 1. The maximum atomic E-state index is 9.60. The van der Waals surface area contributed by atoms with Crippen molar-refractivity contribution in [1.82, 2.24) is 19.9 Å². The normalized spacial score (nSPS) is 22.1. The summed E-state index contributed by atoms with van der Waals surface area (Å²) < 4.78 is 5.30. The van der Waals surface area contributed by atoms with E-state index in [0.29, 0.717) is 6.04 Å². The largest absolute Gasteiger partial charge is 0.392 e. The van der Waals surface area contributed by atoms with Gasteiger partial charge in [-0.15, -0.1) is 0 Å². The average molecular weight is 310 g/mol. The molecule has 22 heavy (non-hydrogen) atoms. The number of hydrogen-bond acceptors (Lipinski definition) is 6. The van der Waals surface area contributed by atoms with E-state index in [-0.39, 0.29) is 6.10 Å². The van der Waals surface area contributed by atoms with Gasteiger partial charge in [0.15, 0.2) is 5.82 Å². The van der Waals surface area contributed by atoms with E-state index in [9.17, 15) is 5.11 Å². The van der Waals surface area contributed by atoms with Crippen LogP contribution in [-0.4, -0.2) is 63.4 Å². The van der Waals surface area contributed by atoms with Crippen molar-refractivity contribution in [2.24, 2.45) is 0 Å². The molecule has 0 aliphatic carbocycles. The van der Waals surface area contributed by atoms with Gasteiger partial charge in [0.2, 0.25) is 5.89 Å².